The summed E-state index contributed by atoms with van der Waals surface area (Å²) in [7, 11) is 0. The number of nitrogens with zero attached hydrogens (tertiary/aromatic N) is 2. The lowest BCUT2D eigenvalue weighted by Gasteiger charge is -2.17. The van der Waals surface area contributed by atoms with Gasteiger partial charge in [0.2, 0.25) is 0 Å². The first-order valence-corrected chi connectivity index (χ1v) is 9.11. The summed E-state index contributed by atoms with van der Waals surface area (Å²) >= 11 is 0. The van der Waals surface area contributed by atoms with Crippen LogP contribution in [-0.4, -0.2) is 9.38 Å². The van der Waals surface area contributed by atoms with Gasteiger partial charge in [-0.15, -0.1) is 0 Å². The van der Waals surface area contributed by atoms with Crippen molar-refractivity contribution in [1.29, 1.82) is 0 Å². The van der Waals surface area contributed by atoms with Crippen LogP contribution in [0, 0.1) is 23.3 Å². The zero-order valence-corrected chi connectivity index (χ0v) is 15.3. The van der Waals surface area contributed by atoms with Crippen LogP contribution in [0.2, 0.25) is 0 Å². The number of pyridine rings is 1. The van der Waals surface area contributed by atoms with E-state index in [2.05, 4.69) is 15.8 Å². The third kappa shape index (κ3) is 2.93. The molecule has 0 radical (unpaired) electrons. The third-order valence-corrected chi connectivity index (χ3v) is 5.11. The van der Waals surface area contributed by atoms with Crippen LogP contribution in [0.3, 0.4) is 0 Å². The fourth-order valence-corrected chi connectivity index (χ4v) is 3.65. The van der Waals surface area contributed by atoms with Gasteiger partial charge in [-0.1, -0.05) is 6.07 Å². The SMILES string of the molecule is Fc1ccc(-c2cnc3ccc(C4=CNNC4c4c(F)cccc4F)cn23)cc1F. The maximum Gasteiger partial charge on any atom is 0.159 e. The van der Waals surface area contributed by atoms with Crippen LogP contribution in [-0.2, 0) is 0 Å². The number of nitrogens with one attached hydrogen (secondary N) is 2. The molecule has 1 atom stereocenters. The van der Waals surface area contributed by atoms with Crippen LogP contribution < -0.4 is 10.9 Å². The van der Waals surface area contributed by atoms with E-state index in [1.807, 2.05) is 0 Å². The predicted molar refractivity (Wildman–Crippen MR) is 104 cm³/mol. The van der Waals surface area contributed by atoms with E-state index in [9.17, 15) is 17.6 Å². The quantitative estimate of drug-likeness (QED) is 0.479. The molecule has 2 N–H and O–H groups in total. The Bertz CT molecular complexity index is 1290. The number of halogens is 4. The van der Waals surface area contributed by atoms with E-state index in [0.29, 0.717) is 28.0 Å². The van der Waals surface area contributed by atoms with Crippen molar-refractivity contribution in [3.05, 3.63) is 102 Å². The van der Waals surface area contributed by atoms with Crippen molar-refractivity contribution in [2.75, 3.05) is 0 Å². The summed E-state index contributed by atoms with van der Waals surface area (Å²) in [6, 6.07) is 10.1. The lowest BCUT2D eigenvalue weighted by Crippen LogP contribution is -2.26. The van der Waals surface area contributed by atoms with Gasteiger partial charge in [-0.05, 0) is 48.0 Å². The first kappa shape index (κ1) is 18.4. The van der Waals surface area contributed by atoms with Gasteiger partial charge >= 0.3 is 0 Å². The lowest BCUT2D eigenvalue weighted by atomic mass is 9.95. The van der Waals surface area contributed by atoms with Crippen molar-refractivity contribution in [2.24, 2.45) is 0 Å². The second kappa shape index (κ2) is 7.00. The molecule has 0 fully saturated rings. The van der Waals surface area contributed by atoms with Crippen molar-refractivity contribution in [3.8, 4) is 11.3 Å². The number of hydrogen-bond acceptors (Lipinski definition) is 3. The molecule has 1 unspecified atom stereocenters. The highest BCUT2D eigenvalue weighted by Gasteiger charge is 2.28. The van der Waals surface area contributed by atoms with E-state index in [1.165, 1.54) is 24.3 Å². The highest BCUT2D eigenvalue weighted by molar-refractivity contribution is 5.74. The topological polar surface area (TPSA) is 41.4 Å². The van der Waals surface area contributed by atoms with Crippen LogP contribution in [0.4, 0.5) is 17.6 Å². The number of hydrogen-bond donors (Lipinski definition) is 2. The van der Waals surface area contributed by atoms with E-state index in [4.69, 9.17) is 0 Å². The molecule has 0 spiro atoms. The average Bonchev–Trinajstić information content (AvgIpc) is 3.37. The molecule has 1 aliphatic heterocycles. The van der Waals surface area contributed by atoms with Gasteiger partial charge in [-0.25, -0.2) is 28.0 Å². The highest BCUT2D eigenvalue weighted by atomic mass is 19.2. The zero-order chi connectivity index (χ0) is 20.8. The molecule has 8 heteroatoms. The van der Waals surface area contributed by atoms with Crippen molar-refractivity contribution >= 4 is 11.2 Å². The smallest absolute Gasteiger partial charge is 0.159 e. The zero-order valence-electron chi connectivity index (χ0n) is 15.3. The molecule has 150 valence electrons. The minimum absolute atomic E-state index is 0.0969. The molecule has 3 heterocycles. The Kier molecular flexibility index (Phi) is 4.29. The summed E-state index contributed by atoms with van der Waals surface area (Å²) in [5.74, 6) is -3.21. The van der Waals surface area contributed by atoms with E-state index < -0.39 is 29.3 Å². The monoisotopic (exact) mass is 410 g/mol. The fourth-order valence-electron chi connectivity index (χ4n) is 3.65. The molecule has 5 rings (SSSR count). The van der Waals surface area contributed by atoms with Crippen LogP contribution in [0.25, 0.3) is 22.5 Å². The average molecular weight is 410 g/mol. The van der Waals surface area contributed by atoms with Gasteiger partial charge in [0, 0.05) is 29.1 Å². The summed E-state index contributed by atoms with van der Waals surface area (Å²) < 4.78 is 57.4. The van der Waals surface area contributed by atoms with E-state index in [0.717, 1.165) is 12.1 Å². The Morgan fingerprint density at radius 3 is 2.37 bits per heavy atom. The van der Waals surface area contributed by atoms with Crippen LogP contribution >= 0.6 is 0 Å². The van der Waals surface area contributed by atoms with Crippen LogP contribution in [0.15, 0.2) is 67.1 Å². The molecule has 0 saturated carbocycles. The van der Waals surface area contributed by atoms with Gasteiger partial charge in [0.05, 0.1) is 17.9 Å². The Morgan fingerprint density at radius 1 is 0.833 bits per heavy atom. The molecule has 0 amide bonds. The predicted octanol–water partition coefficient (Wildman–Crippen LogP) is 4.75. The number of benzene rings is 2. The summed E-state index contributed by atoms with van der Waals surface area (Å²) in [5, 5.41) is 0. The molecule has 0 bridgehead atoms. The molecule has 4 nitrogen and oxygen atoms in total. The third-order valence-electron chi connectivity index (χ3n) is 5.11. The number of rotatable bonds is 3. The Hall–Kier alpha value is -3.65. The summed E-state index contributed by atoms with van der Waals surface area (Å²) in [5.41, 5.74) is 8.47. The van der Waals surface area contributed by atoms with Crippen molar-refractivity contribution in [3.63, 3.8) is 0 Å². The van der Waals surface area contributed by atoms with Crippen molar-refractivity contribution < 1.29 is 17.6 Å². The maximum atomic E-state index is 14.3. The van der Waals surface area contributed by atoms with Gasteiger partial charge in [0.15, 0.2) is 11.6 Å². The van der Waals surface area contributed by atoms with E-state index >= 15 is 0 Å². The molecule has 2 aromatic heterocycles. The molecule has 0 saturated heterocycles. The number of imidazole rings is 1. The van der Waals surface area contributed by atoms with Gasteiger partial charge in [0.25, 0.3) is 0 Å². The Balaban J connectivity index is 1.60. The summed E-state index contributed by atoms with van der Waals surface area (Å²) in [4.78, 5) is 4.30. The van der Waals surface area contributed by atoms with Gasteiger partial charge < -0.3 is 5.43 Å². The molecular formula is C22H14F4N4. The van der Waals surface area contributed by atoms with Crippen molar-refractivity contribution in [2.45, 2.75) is 6.04 Å². The molecule has 0 aliphatic carbocycles. The van der Waals surface area contributed by atoms with E-state index in [-0.39, 0.29) is 5.56 Å². The molecular weight excluding hydrogens is 396 g/mol. The van der Waals surface area contributed by atoms with Gasteiger partial charge in [-0.3, -0.25) is 4.40 Å². The van der Waals surface area contributed by atoms with Gasteiger partial charge in [-0.2, -0.15) is 0 Å². The molecule has 2 aromatic carbocycles. The second-order valence-corrected chi connectivity index (χ2v) is 6.88. The minimum Gasteiger partial charge on any atom is -0.328 e. The van der Waals surface area contributed by atoms with E-state index in [1.54, 1.807) is 35.1 Å². The largest absolute Gasteiger partial charge is 0.328 e. The van der Waals surface area contributed by atoms with Crippen molar-refractivity contribution in [1.82, 2.24) is 20.2 Å². The summed E-state index contributed by atoms with van der Waals surface area (Å²) in [6.45, 7) is 0. The lowest BCUT2D eigenvalue weighted by molar-refractivity contribution is 0.509. The Labute approximate surface area is 168 Å². The van der Waals surface area contributed by atoms with Crippen LogP contribution in [0.5, 0.6) is 0 Å². The first-order chi connectivity index (χ1) is 14.5. The first-order valence-electron chi connectivity index (χ1n) is 9.11. The number of fused-ring (bicyclic) bond motifs is 1. The van der Waals surface area contributed by atoms with Crippen LogP contribution in [0.1, 0.15) is 17.2 Å². The molecule has 1 aliphatic rings. The fraction of sp³-hybridized carbons (Fsp3) is 0.0455. The summed E-state index contributed by atoms with van der Waals surface area (Å²) in [6.07, 6.45) is 4.93. The standard InChI is InChI=1S/C22H14F4N4/c23-15-6-4-12(8-18(15)26)19-10-27-20-7-5-13(11-30(19)20)14-9-28-29-22(14)21-16(24)2-1-3-17(21)25/h1-11,22,28-29H. The normalized spacial score (nSPS) is 16.0. The molecule has 30 heavy (non-hydrogen) atoms. The maximum absolute atomic E-state index is 14.3. The highest BCUT2D eigenvalue weighted by Crippen LogP contribution is 2.35. The minimum atomic E-state index is -0.958. The number of hydrazine groups is 1. The Morgan fingerprint density at radius 2 is 1.60 bits per heavy atom. The molecule has 4 aromatic rings. The second-order valence-electron chi connectivity index (χ2n) is 6.88. The number of aromatic nitrogens is 2. The van der Waals surface area contributed by atoms with Gasteiger partial charge in [0.1, 0.15) is 17.3 Å².